The van der Waals surface area contributed by atoms with Crippen LogP contribution >= 0.6 is 11.6 Å². The maximum absolute atomic E-state index is 10.8. The summed E-state index contributed by atoms with van der Waals surface area (Å²) < 4.78 is 0. The maximum Gasteiger partial charge on any atom is 0.335 e. The Morgan fingerprint density at radius 3 is 2.47 bits per heavy atom. The van der Waals surface area contributed by atoms with E-state index in [2.05, 4.69) is 26.1 Å². The van der Waals surface area contributed by atoms with Crippen LogP contribution in [-0.2, 0) is 0 Å². The first-order chi connectivity index (χ1) is 8.75. The van der Waals surface area contributed by atoms with E-state index in [1.54, 1.807) is 6.07 Å². The van der Waals surface area contributed by atoms with Gasteiger partial charge in [-0.2, -0.15) is 0 Å². The van der Waals surface area contributed by atoms with Crippen LogP contribution in [0.2, 0.25) is 5.02 Å². The Morgan fingerprint density at radius 1 is 1.42 bits per heavy atom. The number of aliphatic hydroxyl groups is 1. The summed E-state index contributed by atoms with van der Waals surface area (Å²) in [5.41, 5.74) is 0.794. The summed E-state index contributed by atoms with van der Waals surface area (Å²) in [5.74, 6) is -1.00. The number of carbonyl (C=O) groups is 1. The highest BCUT2D eigenvalue weighted by molar-refractivity contribution is 6.33. The lowest BCUT2D eigenvalue weighted by molar-refractivity contribution is 0.0697. The average molecular weight is 286 g/mol. The highest BCUT2D eigenvalue weighted by Gasteiger charge is 2.24. The second-order valence-electron chi connectivity index (χ2n) is 5.58. The lowest BCUT2D eigenvalue weighted by Crippen LogP contribution is -2.35. The summed E-state index contributed by atoms with van der Waals surface area (Å²) in [4.78, 5) is 10.8. The lowest BCUT2D eigenvalue weighted by Gasteiger charge is -2.32. The van der Waals surface area contributed by atoms with Gasteiger partial charge in [0.1, 0.15) is 0 Å². The standard InChI is InChI=1S/C14H20ClNO3/c1-14(2,3)12(6-7-17)16-11-5-4-9(13(18)19)8-10(11)15/h4-5,8,12,16-17H,6-7H2,1-3H3,(H,18,19). The van der Waals surface area contributed by atoms with Gasteiger partial charge >= 0.3 is 5.97 Å². The molecule has 19 heavy (non-hydrogen) atoms. The van der Waals surface area contributed by atoms with Gasteiger partial charge in [-0.1, -0.05) is 32.4 Å². The Bertz CT molecular complexity index is 454. The minimum atomic E-state index is -1.00. The van der Waals surface area contributed by atoms with Gasteiger partial charge in [-0.25, -0.2) is 4.79 Å². The third-order valence-corrected chi connectivity index (χ3v) is 3.32. The Balaban J connectivity index is 2.94. The third kappa shape index (κ3) is 4.40. The minimum absolute atomic E-state index is 0.0441. The number of aliphatic hydroxyl groups excluding tert-OH is 1. The molecular formula is C14H20ClNO3. The zero-order valence-corrected chi connectivity index (χ0v) is 12.2. The van der Waals surface area contributed by atoms with E-state index >= 15 is 0 Å². The molecule has 0 amide bonds. The van der Waals surface area contributed by atoms with Crippen molar-refractivity contribution in [2.45, 2.75) is 33.2 Å². The van der Waals surface area contributed by atoms with E-state index in [1.165, 1.54) is 12.1 Å². The van der Waals surface area contributed by atoms with Crippen molar-refractivity contribution in [1.82, 2.24) is 0 Å². The molecule has 0 radical (unpaired) electrons. The topological polar surface area (TPSA) is 69.6 Å². The number of carboxylic acids is 1. The van der Waals surface area contributed by atoms with E-state index in [9.17, 15) is 4.79 Å². The van der Waals surface area contributed by atoms with Crippen molar-refractivity contribution < 1.29 is 15.0 Å². The molecular weight excluding hydrogens is 266 g/mol. The number of benzene rings is 1. The Labute approximate surface area is 118 Å². The van der Waals surface area contributed by atoms with Gasteiger partial charge in [-0.15, -0.1) is 0 Å². The number of rotatable bonds is 5. The highest BCUT2D eigenvalue weighted by Crippen LogP contribution is 2.29. The van der Waals surface area contributed by atoms with Crippen LogP contribution < -0.4 is 5.32 Å². The quantitative estimate of drug-likeness (QED) is 0.777. The molecule has 1 aromatic carbocycles. The number of hydrogen-bond acceptors (Lipinski definition) is 3. The smallest absolute Gasteiger partial charge is 0.335 e. The van der Waals surface area contributed by atoms with Crippen LogP contribution in [0.1, 0.15) is 37.6 Å². The van der Waals surface area contributed by atoms with E-state index < -0.39 is 5.97 Å². The number of aromatic carboxylic acids is 1. The van der Waals surface area contributed by atoms with E-state index in [-0.39, 0.29) is 23.6 Å². The second kappa shape index (κ2) is 6.26. The molecule has 4 nitrogen and oxygen atoms in total. The minimum Gasteiger partial charge on any atom is -0.478 e. The fraction of sp³-hybridized carbons (Fsp3) is 0.500. The van der Waals surface area contributed by atoms with Gasteiger partial charge in [-0.05, 0) is 30.0 Å². The van der Waals surface area contributed by atoms with Crippen LogP contribution in [-0.4, -0.2) is 28.8 Å². The van der Waals surface area contributed by atoms with E-state index in [0.29, 0.717) is 17.1 Å². The first kappa shape index (κ1) is 15.8. The fourth-order valence-electron chi connectivity index (χ4n) is 1.80. The normalized spacial score (nSPS) is 13.1. The van der Waals surface area contributed by atoms with Crippen LogP contribution in [0.4, 0.5) is 5.69 Å². The van der Waals surface area contributed by atoms with Crippen molar-refractivity contribution in [2.75, 3.05) is 11.9 Å². The van der Waals surface area contributed by atoms with Crippen molar-refractivity contribution in [3.8, 4) is 0 Å². The molecule has 0 aliphatic rings. The molecule has 0 spiro atoms. The largest absolute Gasteiger partial charge is 0.478 e. The number of halogens is 1. The van der Waals surface area contributed by atoms with Crippen molar-refractivity contribution in [3.63, 3.8) is 0 Å². The van der Waals surface area contributed by atoms with Crippen LogP contribution in [0.25, 0.3) is 0 Å². The molecule has 0 fully saturated rings. The molecule has 0 saturated heterocycles. The molecule has 0 aliphatic carbocycles. The van der Waals surface area contributed by atoms with Crippen molar-refractivity contribution >= 4 is 23.3 Å². The molecule has 1 unspecified atom stereocenters. The van der Waals surface area contributed by atoms with Crippen molar-refractivity contribution in [2.24, 2.45) is 5.41 Å². The molecule has 0 aliphatic heterocycles. The zero-order valence-electron chi connectivity index (χ0n) is 11.4. The molecule has 1 rings (SSSR count). The van der Waals surface area contributed by atoms with Crippen molar-refractivity contribution in [1.29, 1.82) is 0 Å². The molecule has 3 N–H and O–H groups in total. The first-order valence-electron chi connectivity index (χ1n) is 6.16. The Morgan fingerprint density at radius 2 is 2.05 bits per heavy atom. The van der Waals surface area contributed by atoms with Gasteiger partial charge in [0.25, 0.3) is 0 Å². The average Bonchev–Trinajstić information content (AvgIpc) is 2.29. The lowest BCUT2D eigenvalue weighted by atomic mass is 9.84. The maximum atomic E-state index is 10.8. The third-order valence-electron chi connectivity index (χ3n) is 3.01. The van der Waals surface area contributed by atoms with E-state index in [0.717, 1.165) is 0 Å². The number of nitrogens with one attached hydrogen (secondary N) is 1. The molecule has 0 heterocycles. The summed E-state index contributed by atoms with van der Waals surface area (Å²) in [6.45, 7) is 6.29. The molecule has 1 aromatic rings. The van der Waals surface area contributed by atoms with E-state index in [1.807, 2.05) is 0 Å². The number of carboxylic acid groups (broad SMARTS) is 1. The van der Waals surface area contributed by atoms with Gasteiger partial charge in [0, 0.05) is 12.6 Å². The summed E-state index contributed by atoms with van der Waals surface area (Å²) in [7, 11) is 0. The SMILES string of the molecule is CC(C)(C)C(CCO)Nc1ccc(C(=O)O)cc1Cl. The molecule has 0 bridgehead atoms. The van der Waals surface area contributed by atoms with Crippen LogP contribution in [0.5, 0.6) is 0 Å². The van der Waals surface area contributed by atoms with Gasteiger partial charge in [0.15, 0.2) is 0 Å². The van der Waals surface area contributed by atoms with Gasteiger partial charge in [-0.3, -0.25) is 0 Å². The number of anilines is 1. The summed E-state index contributed by atoms with van der Waals surface area (Å²) in [6, 6.07) is 4.63. The molecule has 106 valence electrons. The van der Waals surface area contributed by atoms with Crippen LogP contribution in [0.15, 0.2) is 18.2 Å². The van der Waals surface area contributed by atoms with Gasteiger partial charge < -0.3 is 15.5 Å². The predicted octanol–water partition coefficient (Wildman–Crippen LogP) is 3.25. The van der Waals surface area contributed by atoms with Crippen LogP contribution in [0, 0.1) is 5.41 Å². The predicted molar refractivity (Wildman–Crippen MR) is 77.0 cm³/mol. The first-order valence-corrected chi connectivity index (χ1v) is 6.53. The number of hydrogen-bond donors (Lipinski definition) is 3. The van der Waals surface area contributed by atoms with E-state index in [4.69, 9.17) is 21.8 Å². The monoisotopic (exact) mass is 285 g/mol. The summed E-state index contributed by atoms with van der Waals surface area (Å²) in [5, 5.41) is 21.6. The fourth-order valence-corrected chi connectivity index (χ4v) is 2.04. The van der Waals surface area contributed by atoms with Crippen molar-refractivity contribution in [3.05, 3.63) is 28.8 Å². The molecule has 1 atom stereocenters. The zero-order chi connectivity index (χ0) is 14.6. The Hall–Kier alpha value is -1.26. The van der Waals surface area contributed by atoms with Gasteiger partial charge in [0.05, 0.1) is 16.3 Å². The Kier molecular flexibility index (Phi) is 5.20. The highest BCUT2D eigenvalue weighted by atomic mass is 35.5. The van der Waals surface area contributed by atoms with Gasteiger partial charge in [0.2, 0.25) is 0 Å². The molecule has 5 heteroatoms. The van der Waals surface area contributed by atoms with Crippen LogP contribution in [0.3, 0.4) is 0 Å². The second-order valence-corrected chi connectivity index (χ2v) is 5.98. The summed E-state index contributed by atoms with van der Waals surface area (Å²) in [6.07, 6.45) is 0.598. The molecule has 0 saturated carbocycles. The molecule has 0 aromatic heterocycles. The summed E-state index contributed by atoms with van der Waals surface area (Å²) >= 11 is 6.08.